The summed E-state index contributed by atoms with van der Waals surface area (Å²) >= 11 is 23.3. The molecule has 0 fully saturated rings. The van der Waals surface area contributed by atoms with Crippen LogP contribution >= 0.6 is 46.4 Å². The van der Waals surface area contributed by atoms with Crippen molar-refractivity contribution in [2.24, 2.45) is 0 Å². The summed E-state index contributed by atoms with van der Waals surface area (Å²) in [6, 6.07) is 1.56. The topological polar surface area (TPSA) is 9.23 Å². The highest BCUT2D eigenvalue weighted by atomic mass is 35.5. The second-order valence-electron chi connectivity index (χ2n) is 2.65. The molecule has 1 nitrogen and oxygen atoms in total. The van der Waals surface area contributed by atoms with Crippen molar-refractivity contribution in [2.45, 2.75) is 13.3 Å². The summed E-state index contributed by atoms with van der Waals surface area (Å²) in [6.45, 7) is 2.56. The van der Waals surface area contributed by atoms with Gasteiger partial charge in [-0.1, -0.05) is 53.3 Å². The first-order chi connectivity index (χ1) is 6.57. The smallest absolute Gasteiger partial charge is 0.141 e. The molecule has 5 heteroatoms. The van der Waals surface area contributed by atoms with Gasteiger partial charge in [0, 0.05) is 6.07 Å². The van der Waals surface area contributed by atoms with Gasteiger partial charge in [0.05, 0.1) is 21.7 Å². The number of benzene rings is 1. The molecule has 0 bridgehead atoms. The number of rotatable bonds is 3. The highest BCUT2D eigenvalue weighted by molar-refractivity contribution is 6.52. The summed E-state index contributed by atoms with van der Waals surface area (Å²) < 4.78 is 5.34. The SMILES string of the molecule is CCCOc1cc(Cl)c(Cl)c(Cl)c1Cl. The van der Waals surface area contributed by atoms with E-state index in [1.165, 1.54) is 0 Å². The monoisotopic (exact) mass is 272 g/mol. The van der Waals surface area contributed by atoms with Crippen LogP contribution in [0.25, 0.3) is 0 Å². The predicted octanol–water partition coefficient (Wildman–Crippen LogP) is 5.09. The summed E-state index contributed by atoms with van der Waals surface area (Å²) in [5.74, 6) is 0.466. The first-order valence-corrected chi connectivity index (χ1v) is 5.55. The van der Waals surface area contributed by atoms with Gasteiger partial charge in [0.2, 0.25) is 0 Å². The standard InChI is InChI=1S/C9H8Cl4O/c1-2-3-14-6-4-5(10)7(11)9(13)8(6)12/h4H,2-3H2,1H3. The first-order valence-electron chi connectivity index (χ1n) is 4.03. The minimum atomic E-state index is 0.229. The van der Waals surface area contributed by atoms with Crippen LogP contribution in [0.4, 0.5) is 0 Å². The van der Waals surface area contributed by atoms with Gasteiger partial charge < -0.3 is 4.74 Å². The Hall–Kier alpha value is 0.180. The Kier molecular flexibility index (Phi) is 4.65. The van der Waals surface area contributed by atoms with E-state index < -0.39 is 0 Å². The minimum absolute atomic E-state index is 0.229. The minimum Gasteiger partial charge on any atom is -0.492 e. The second-order valence-corrected chi connectivity index (χ2v) is 4.19. The van der Waals surface area contributed by atoms with Gasteiger partial charge in [0.15, 0.2) is 0 Å². The van der Waals surface area contributed by atoms with Crippen LogP contribution < -0.4 is 4.74 Å². The molecular weight excluding hydrogens is 266 g/mol. The zero-order chi connectivity index (χ0) is 10.7. The van der Waals surface area contributed by atoms with Crippen LogP contribution in [0.3, 0.4) is 0 Å². The van der Waals surface area contributed by atoms with Crippen molar-refractivity contribution in [1.82, 2.24) is 0 Å². The Morgan fingerprint density at radius 2 is 1.71 bits per heavy atom. The van der Waals surface area contributed by atoms with Crippen LogP contribution in [0.1, 0.15) is 13.3 Å². The second kappa shape index (κ2) is 5.32. The van der Waals surface area contributed by atoms with E-state index in [0.717, 1.165) is 6.42 Å². The third-order valence-electron chi connectivity index (χ3n) is 1.53. The maximum atomic E-state index is 5.91. The zero-order valence-electron chi connectivity index (χ0n) is 7.41. The third-order valence-corrected chi connectivity index (χ3v) is 3.27. The molecule has 0 saturated carbocycles. The highest BCUT2D eigenvalue weighted by Gasteiger charge is 2.13. The maximum absolute atomic E-state index is 5.91. The van der Waals surface area contributed by atoms with Crippen molar-refractivity contribution in [1.29, 1.82) is 0 Å². The van der Waals surface area contributed by atoms with Gasteiger partial charge in [-0.15, -0.1) is 0 Å². The molecule has 0 atom stereocenters. The zero-order valence-corrected chi connectivity index (χ0v) is 10.4. The van der Waals surface area contributed by atoms with Gasteiger partial charge in [-0.3, -0.25) is 0 Å². The summed E-state index contributed by atoms with van der Waals surface area (Å²) in [5, 5.41) is 1.12. The summed E-state index contributed by atoms with van der Waals surface area (Å²) in [5.41, 5.74) is 0. The van der Waals surface area contributed by atoms with Crippen LogP contribution in [0.2, 0.25) is 20.1 Å². The van der Waals surface area contributed by atoms with Crippen LogP contribution in [0, 0.1) is 0 Å². The number of ether oxygens (including phenoxy) is 1. The Balaban J connectivity index is 3.06. The van der Waals surface area contributed by atoms with Gasteiger partial charge in [-0.05, 0) is 6.42 Å². The van der Waals surface area contributed by atoms with Gasteiger partial charge in [-0.2, -0.15) is 0 Å². The fourth-order valence-corrected chi connectivity index (χ4v) is 1.71. The molecule has 0 aliphatic heterocycles. The summed E-state index contributed by atoms with van der Waals surface area (Å²) in [4.78, 5) is 0. The molecule has 0 saturated heterocycles. The Morgan fingerprint density at radius 3 is 2.29 bits per heavy atom. The largest absolute Gasteiger partial charge is 0.492 e. The van der Waals surface area contributed by atoms with E-state index in [1.807, 2.05) is 6.92 Å². The average Bonchev–Trinajstić information content (AvgIpc) is 2.18. The number of halogens is 4. The Morgan fingerprint density at radius 1 is 1.07 bits per heavy atom. The number of hydrogen-bond donors (Lipinski definition) is 0. The van der Waals surface area contributed by atoms with Crippen molar-refractivity contribution in [3.63, 3.8) is 0 Å². The van der Waals surface area contributed by atoms with Crippen molar-refractivity contribution >= 4 is 46.4 Å². The molecule has 0 spiro atoms. The lowest BCUT2D eigenvalue weighted by molar-refractivity contribution is 0.317. The quantitative estimate of drug-likeness (QED) is 0.551. The molecule has 0 N–H and O–H groups in total. The van der Waals surface area contributed by atoms with E-state index in [4.69, 9.17) is 51.1 Å². The highest BCUT2D eigenvalue weighted by Crippen LogP contribution is 2.41. The van der Waals surface area contributed by atoms with E-state index in [1.54, 1.807) is 6.07 Å². The summed E-state index contributed by atoms with van der Waals surface area (Å²) in [7, 11) is 0. The molecule has 0 aromatic heterocycles. The maximum Gasteiger partial charge on any atom is 0.141 e. The number of hydrogen-bond acceptors (Lipinski definition) is 1. The molecule has 78 valence electrons. The Labute approximate surface area is 103 Å². The van der Waals surface area contributed by atoms with Crippen LogP contribution in [0.15, 0.2) is 6.07 Å². The van der Waals surface area contributed by atoms with Gasteiger partial charge >= 0.3 is 0 Å². The molecule has 0 radical (unpaired) electrons. The van der Waals surface area contributed by atoms with E-state index in [9.17, 15) is 0 Å². The molecule has 14 heavy (non-hydrogen) atoms. The molecular formula is C9H8Cl4O. The van der Waals surface area contributed by atoms with Crippen molar-refractivity contribution in [3.05, 3.63) is 26.2 Å². The van der Waals surface area contributed by atoms with E-state index in [0.29, 0.717) is 22.4 Å². The average molecular weight is 274 g/mol. The van der Waals surface area contributed by atoms with E-state index in [2.05, 4.69) is 0 Å². The molecule has 0 aliphatic rings. The van der Waals surface area contributed by atoms with E-state index >= 15 is 0 Å². The fraction of sp³-hybridized carbons (Fsp3) is 0.333. The van der Waals surface area contributed by atoms with E-state index in [-0.39, 0.29) is 10.0 Å². The van der Waals surface area contributed by atoms with Gasteiger partial charge in [0.1, 0.15) is 10.8 Å². The van der Waals surface area contributed by atoms with Gasteiger partial charge in [0.25, 0.3) is 0 Å². The molecule has 0 amide bonds. The lowest BCUT2D eigenvalue weighted by atomic mass is 10.3. The fourth-order valence-electron chi connectivity index (χ4n) is 0.868. The van der Waals surface area contributed by atoms with Crippen LogP contribution in [-0.2, 0) is 0 Å². The summed E-state index contributed by atoms with van der Waals surface area (Å²) in [6.07, 6.45) is 0.883. The lowest BCUT2D eigenvalue weighted by Crippen LogP contribution is -1.96. The molecule has 1 aromatic rings. The van der Waals surface area contributed by atoms with Crippen LogP contribution in [-0.4, -0.2) is 6.61 Å². The Bertz CT molecular complexity index is 338. The van der Waals surface area contributed by atoms with Crippen molar-refractivity contribution in [2.75, 3.05) is 6.61 Å². The van der Waals surface area contributed by atoms with Crippen molar-refractivity contribution in [3.8, 4) is 5.75 Å². The third kappa shape index (κ3) is 2.60. The molecule has 0 aliphatic carbocycles. The molecule has 0 heterocycles. The molecule has 1 rings (SSSR count). The van der Waals surface area contributed by atoms with Gasteiger partial charge in [-0.25, -0.2) is 0 Å². The normalized spacial score (nSPS) is 10.4. The molecule has 1 aromatic carbocycles. The lowest BCUT2D eigenvalue weighted by Gasteiger charge is -2.09. The predicted molar refractivity (Wildman–Crippen MR) is 62.3 cm³/mol. The molecule has 0 unspecified atom stereocenters. The van der Waals surface area contributed by atoms with Crippen molar-refractivity contribution < 1.29 is 4.74 Å². The first kappa shape index (κ1) is 12.3. The van der Waals surface area contributed by atoms with Crippen LogP contribution in [0.5, 0.6) is 5.75 Å².